The molecule has 32 heavy (non-hydrogen) atoms. The van der Waals surface area contributed by atoms with Crippen molar-refractivity contribution in [3.8, 4) is 0 Å². The highest BCUT2D eigenvalue weighted by molar-refractivity contribution is 8.76. The Labute approximate surface area is 193 Å². The first-order chi connectivity index (χ1) is 15.6. The van der Waals surface area contributed by atoms with Crippen LogP contribution in [-0.2, 0) is 22.7 Å². The summed E-state index contributed by atoms with van der Waals surface area (Å²) in [6.07, 6.45) is 0.221. The van der Waals surface area contributed by atoms with Crippen molar-refractivity contribution in [1.29, 1.82) is 0 Å². The topological polar surface area (TPSA) is 50.7 Å². The SMILES string of the molecule is O=C(NCCSSc1ccc(F)cc1)/C(Cc1ccc(F)cc1)=N/OCc1ccccc1. The van der Waals surface area contributed by atoms with Gasteiger partial charge in [-0.15, -0.1) is 0 Å². The fourth-order valence-corrected chi connectivity index (χ4v) is 4.51. The molecule has 8 heteroatoms. The number of nitrogens with one attached hydrogen (secondary N) is 1. The molecule has 3 aromatic rings. The normalized spacial score (nSPS) is 11.2. The molecule has 3 rings (SSSR count). The monoisotopic (exact) mass is 472 g/mol. The Morgan fingerprint density at radius 1 is 0.875 bits per heavy atom. The van der Waals surface area contributed by atoms with E-state index in [0.29, 0.717) is 12.3 Å². The van der Waals surface area contributed by atoms with Crippen LogP contribution >= 0.6 is 21.6 Å². The summed E-state index contributed by atoms with van der Waals surface area (Å²) in [7, 11) is 3.07. The number of hydrogen-bond acceptors (Lipinski definition) is 5. The van der Waals surface area contributed by atoms with Gasteiger partial charge in [0.1, 0.15) is 24.0 Å². The second-order valence-electron chi connectivity index (χ2n) is 6.72. The molecule has 166 valence electrons. The third kappa shape index (κ3) is 8.36. The van der Waals surface area contributed by atoms with Crippen LogP contribution in [0.4, 0.5) is 8.78 Å². The van der Waals surface area contributed by atoms with E-state index in [2.05, 4.69) is 10.5 Å². The molecular formula is C24H22F2N2O2S2. The van der Waals surface area contributed by atoms with Gasteiger partial charge in [0.05, 0.1) is 0 Å². The molecule has 0 bridgehead atoms. The highest BCUT2D eigenvalue weighted by atomic mass is 33.1. The number of halogens is 2. The molecule has 0 saturated carbocycles. The van der Waals surface area contributed by atoms with Gasteiger partial charge in [-0.05, 0) is 47.5 Å². The molecule has 0 aliphatic rings. The van der Waals surface area contributed by atoms with Crippen molar-refractivity contribution in [2.24, 2.45) is 5.16 Å². The van der Waals surface area contributed by atoms with Crippen LogP contribution in [-0.4, -0.2) is 23.9 Å². The molecule has 0 fully saturated rings. The van der Waals surface area contributed by atoms with Crippen LogP contribution in [0.5, 0.6) is 0 Å². The second-order valence-corrected chi connectivity index (χ2v) is 9.20. The number of amides is 1. The minimum absolute atomic E-state index is 0.212. The summed E-state index contributed by atoms with van der Waals surface area (Å²) in [4.78, 5) is 19.0. The van der Waals surface area contributed by atoms with Gasteiger partial charge in [-0.25, -0.2) is 8.78 Å². The molecule has 0 heterocycles. The van der Waals surface area contributed by atoms with Crippen molar-refractivity contribution in [3.05, 3.63) is 102 Å². The molecule has 0 unspecified atom stereocenters. The van der Waals surface area contributed by atoms with Crippen LogP contribution in [0.1, 0.15) is 11.1 Å². The molecule has 1 N–H and O–H groups in total. The Morgan fingerprint density at radius 3 is 2.22 bits per heavy atom. The van der Waals surface area contributed by atoms with E-state index in [0.717, 1.165) is 16.0 Å². The van der Waals surface area contributed by atoms with E-state index in [1.807, 2.05) is 30.3 Å². The number of hydrogen-bond donors (Lipinski definition) is 1. The summed E-state index contributed by atoms with van der Waals surface area (Å²) in [6.45, 7) is 0.671. The van der Waals surface area contributed by atoms with Crippen molar-refractivity contribution in [2.45, 2.75) is 17.9 Å². The predicted octanol–water partition coefficient (Wildman–Crippen LogP) is 5.64. The number of benzene rings is 3. The number of carbonyl (C=O) groups is 1. The highest BCUT2D eigenvalue weighted by Gasteiger charge is 2.13. The van der Waals surface area contributed by atoms with Gasteiger partial charge >= 0.3 is 0 Å². The minimum Gasteiger partial charge on any atom is -0.391 e. The number of rotatable bonds is 11. The standard InChI is InChI=1S/C24H22F2N2O2S2/c25-20-8-6-18(7-9-20)16-23(28-30-17-19-4-2-1-3-5-19)24(29)27-14-15-31-32-22-12-10-21(26)11-13-22/h1-13H,14-17H2,(H,27,29)/b28-23+. The Balaban J connectivity index is 1.52. The van der Waals surface area contributed by atoms with Crippen molar-refractivity contribution in [3.63, 3.8) is 0 Å². The Kier molecular flexibility index (Phi) is 9.59. The maximum atomic E-state index is 13.2. The molecule has 0 radical (unpaired) electrons. The molecule has 0 aliphatic carbocycles. The maximum Gasteiger partial charge on any atom is 0.269 e. The van der Waals surface area contributed by atoms with E-state index >= 15 is 0 Å². The molecule has 0 aliphatic heterocycles. The van der Waals surface area contributed by atoms with Crippen LogP contribution in [0.15, 0.2) is 88.9 Å². The molecule has 0 aromatic heterocycles. The molecule has 0 saturated heterocycles. The van der Waals surface area contributed by atoms with Crippen LogP contribution in [0, 0.1) is 11.6 Å². The maximum absolute atomic E-state index is 13.2. The first-order valence-electron chi connectivity index (χ1n) is 9.90. The van der Waals surface area contributed by atoms with E-state index in [-0.39, 0.29) is 36.3 Å². The molecule has 4 nitrogen and oxygen atoms in total. The van der Waals surface area contributed by atoms with E-state index in [9.17, 15) is 13.6 Å². The first-order valence-corrected chi connectivity index (χ1v) is 12.2. The van der Waals surface area contributed by atoms with Crippen molar-refractivity contribution >= 4 is 33.2 Å². The van der Waals surface area contributed by atoms with E-state index in [4.69, 9.17) is 4.84 Å². The average Bonchev–Trinajstić information content (AvgIpc) is 2.81. The van der Waals surface area contributed by atoms with Gasteiger partial charge in [0.25, 0.3) is 5.91 Å². The molecule has 0 atom stereocenters. The zero-order valence-electron chi connectivity index (χ0n) is 17.2. The largest absolute Gasteiger partial charge is 0.391 e. The van der Waals surface area contributed by atoms with Crippen molar-refractivity contribution < 1.29 is 18.4 Å². The number of oxime groups is 1. The summed E-state index contributed by atoms with van der Waals surface area (Å²) in [5, 5.41) is 6.90. The van der Waals surface area contributed by atoms with Gasteiger partial charge in [0.15, 0.2) is 0 Å². The quantitative estimate of drug-likeness (QED) is 0.170. The predicted molar refractivity (Wildman–Crippen MR) is 126 cm³/mol. The minimum atomic E-state index is -0.340. The Hall–Kier alpha value is -2.84. The molecule has 3 aromatic carbocycles. The van der Waals surface area contributed by atoms with Gasteiger partial charge in [-0.3, -0.25) is 4.79 Å². The van der Waals surface area contributed by atoms with Gasteiger partial charge in [-0.1, -0.05) is 69.2 Å². The Morgan fingerprint density at radius 2 is 1.53 bits per heavy atom. The first kappa shape index (κ1) is 23.8. The number of carbonyl (C=O) groups excluding carboxylic acids is 1. The van der Waals surface area contributed by atoms with Gasteiger partial charge in [0.2, 0.25) is 0 Å². The fourth-order valence-electron chi connectivity index (χ4n) is 2.62. The van der Waals surface area contributed by atoms with Crippen LogP contribution in [0.2, 0.25) is 0 Å². The summed E-state index contributed by atoms with van der Waals surface area (Å²) >= 11 is 0. The average molecular weight is 473 g/mol. The number of nitrogens with zero attached hydrogens (tertiary/aromatic N) is 1. The van der Waals surface area contributed by atoms with E-state index < -0.39 is 0 Å². The Bertz CT molecular complexity index is 1010. The summed E-state index contributed by atoms with van der Waals surface area (Å²) in [5.41, 5.74) is 1.90. The zero-order chi connectivity index (χ0) is 22.6. The molecule has 1 amide bonds. The van der Waals surface area contributed by atoms with Crippen molar-refractivity contribution in [1.82, 2.24) is 5.32 Å². The summed E-state index contributed by atoms with van der Waals surface area (Å²) < 4.78 is 26.1. The molecule has 0 spiro atoms. The third-order valence-electron chi connectivity index (χ3n) is 4.24. The zero-order valence-corrected chi connectivity index (χ0v) is 18.8. The fraction of sp³-hybridized carbons (Fsp3) is 0.167. The lowest BCUT2D eigenvalue weighted by Crippen LogP contribution is -2.34. The van der Waals surface area contributed by atoms with Crippen LogP contribution in [0.25, 0.3) is 0 Å². The lowest BCUT2D eigenvalue weighted by atomic mass is 10.1. The second kappa shape index (κ2) is 12.9. The highest BCUT2D eigenvalue weighted by Crippen LogP contribution is 2.30. The smallest absolute Gasteiger partial charge is 0.269 e. The lowest BCUT2D eigenvalue weighted by molar-refractivity contribution is -0.115. The van der Waals surface area contributed by atoms with Gasteiger partial charge in [0, 0.05) is 23.6 Å². The third-order valence-corrected chi connectivity index (χ3v) is 6.62. The van der Waals surface area contributed by atoms with Crippen LogP contribution in [0.3, 0.4) is 0 Å². The molecular weight excluding hydrogens is 450 g/mol. The van der Waals surface area contributed by atoms with Gasteiger partial charge in [-0.2, -0.15) is 0 Å². The van der Waals surface area contributed by atoms with Gasteiger partial charge < -0.3 is 10.2 Å². The summed E-state index contributed by atoms with van der Waals surface area (Å²) in [5.74, 6) is -0.292. The van der Waals surface area contributed by atoms with E-state index in [1.54, 1.807) is 35.1 Å². The summed E-state index contributed by atoms with van der Waals surface area (Å²) in [6, 6.07) is 21.7. The lowest BCUT2D eigenvalue weighted by Gasteiger charge is -2.09. The van der Waals surface area contributed by atoms with Crippen molar-refractivity contribution in [2.75, 3.05) is 12.3 Å². The van der Waals surface area contributed by atoms with Crippen LogP contribution < -0.4 is 5.32 Å². The van der Waals surface area contributed by atoms with E-state index in [1.165, 1.54) is 35.1 Å².